The van der Waals surface area contributed by atoms with Crippen LogP contribution in [0.15, 0.2) is 12.1 Å². The summed E-state index contributed by atoms with van der Waals surface area (Å²) in [5.74, 6) is 0.311. The van der Waals surface area contributed by atoms with E-state index in [9.17, 15) is 9.90 Å². The lowest BCUT2D eigenvalue weighted by Gasteiger charge is -2.18. The monoisotopic (exact) mass is 270 g/mol. The number of ether oxygens (including phenoxy) is 4. The first-order valence-electron chi connectivity index (χ1n) is 5.73. The molecule has 0 spiro atoms. The van der Waals surface area contributed by atoms with Crippen LogP contribution in [0.25, 0.3) is 0 Å². The number of aliphatic hydroxyl groups excluding tert-OH is 1. The highest BCUT2D eigenvalue weighted by Crippen LogP contribution is 2.38. The van der Waals surface area contributed by atoms with Gasteiger partial charge in [0, 0.05) is 12.1 Å². The van der Waals surface area contributed by atoms with Gasteiger partial charge >= 0.3 is 5.97 Å². The highest BCUT2D eigenvalue weighted by atomic mass is 16.5. The van der Waals surface area contributed by atoms with Gasteiger partial charge in [-0.2, -0.15) is 0 Å². The zero-order valence-electron chi connectivity index (χ0n) is 11.4. The van der Waals surface area contributed by atoms with Crippen molar-refractivity contribution in [2.24, 2.45) is 0 Å². The SMILES string of the molecule is CCOC(=O)C(O)c1c(OC)cc(OC)cc1OC. The van der Waals surface area contributed by atoms with Crippen molar-refractivity contribution in [2.75, 3.05) is 27.9 Å². The lowest BCUT2D eigenvalue weighted by atomic mass is 10.1. The summed E-state index contributed by atoms with van der Waals surface area (Å²) >= 11 is 0. The Morgan fingerprint density at radius 3 is 2.05 bits per heavy atom. The van der Waals surface area contributed by atoms with Crippen LogP contribution >= 0.6 is 0 Å². The van der Waals surface area contributed by atoms with E-state index < -0.39 is 12.1 Å². The van der Waals surface area contributed by atoms with Gasteiger partial charge < -0.3 is 24.1 Å². The van der Waals surface area contributed by atoms with Gasteiger partial charge in [0.05, 0.1) is 33.5 Å². The number of rotatable bonds is 6. The van der Waals surface area contributed by atoms with Gasteiger partial charge in [0.1, 0.15) is 17.2 Å². The standard InChI is InChI=1S/C13H18O6/c1-5-19-13(15)12(14)11-9(17-3)6-8(16-2)7-10(11)18-4/h6-7,12,14H,5H2,1-4H3. The second-order valence-corrected chi connectivity index (χ2v) is 3.60. The maximum atomic E-state index is 11.6. The van der Waals surface area contributed by atoms with Crippen molar-refractivity contribution in [2.45, 2.75) is 13.0 Å². The largest absolute Gasteiger partial charge is 0.496 e. The molecule has 0 bridgehead atoms. The summed E-state index contributed by atoms with van der Waals surface area (Å²) in [6.07, 6.45) is -1.48. The van der Waals surface area contributed by atoms with Crippen LogP contribution in [-0.4, -0.2) is 39.0 Å². The fourth-order valence-electron chi connectivity index (χ4n) is 1.64. The van der Waals surface area contributed by atoms with Crippen molar-refractivity contribution in [1.29, 1.82) is 0 Å². The van der Waals surface area contributed by atoms with Crippen LogP contribution in [0.4, 0.5) is 0 Å². The predicted octanol–water partition coefficient (Wildman–Crippen LogP) is 1.31. The number of carbonyl (C=O) groups is 1. The molecule has 1 aromatic carbocycles. The van der Waals surface area contributed by atoms with Gasteiger partial charge in [-0.15, -0.1) is 0 Å². The Balaban J connectivity index is 3.27. The second-order valence-electron chi connectivity index (χ2n) is 3.60. The minimum atomic E-state index is -1.48. The van der Waals surface area contributed by atoms with E-state index in [2.05, 4.69) is 0 Å². The Labute approximate surface area is 111 Å². The van der Waals surface area contributed by atoms with Crippen LogP contribution in [0.2, 0.25) is 0 Å². The number of esters is 1. The molecular formula is C13H18O6. The molecule has 0 amide bonds. The van der Waals surface area contributed by atoms with E-state index in [1.807, 2.05) is 0 Å². The first-order valence-corrected chi connectivity index (χ1v) is 5.73. The average molecular weight is 270 g/mol. The molecule has 0 fully saturated rings. The van der Waals surface area contributed by atoms with Gasteiger partial charge in [-0.05, 0) is 6.92 Å². The van der Waals surface area contributed by atoms with Crippen molar-refractivity contribution < 1.29 is 28.8 Å². The predicted molar refractivity (Wildman–Crippen MR) is 67.7 cm³/mol. The van der Waals surface area contributed by atoms with Crippen LogP contribution in [-0.2, 0) is 9.53 Å². The van der Waals surface area contributed by atoms with E-state index in [1.165, 1.54) is 21.3 Å². The number of carbonyl (C=O) groups excluding carboxylic acids is 1. The number of hydrogen-bond donors (Lipinski definition) is 1. The summed E-state index contributed by atoms with van der Waals surface area (Å²) in [5.41, 5.74) is 0.212. The summed E-state index contributed by atoms with van der Waals surface area (Å²) < 4.78 is 20.2. The van der Waals surface area contributed by atoms with Crippen molar-refractivity contribution in [3.8, 4) is 17.2 Å². The maximum Gasteiger partial charge on any atom is 0.339 e. The molecule has 0 saturated carbocycles. The molecule has 0 aliphatic heterocycles. The number of benzene rings is 1. The van der Waals surface area contributed by atoms with Gasteiger partial charge in [0.2, 0.25) is 0 Å². The first-order chi connectivity index (χ1) is 9.08. The van der Waals surface area contributed by atoms with E-state index in [0.29, 0.717) is 5.75 Å². The molecule has 6 nitrogen and oxygen atoms in total. The van der Waals surface area contributed by atoms with Crippen LogP contribution in [0.1, 0.15) is 18.6 Å². The van der Waals surface area contributed by atoms with Gasteiger partial charge in [-0.25, -0.2) is 4.79 Å². The summed E-state index contributed by atoms with van der Waals surface area (Å²) in [4.78, 5) is 11.6. The third-order valence-electron chi connectivity index (χ3n) is 2.54. The molecule has 0 aliphatic rings. The maximum absolute atomic E-state index is 11.6. The lowest BCUT2D eigenvalue weighted by Crippen LogP contribution is -2.17. The molecule has 106 valence electrons. The van der Waals surface area contributed by atoms with Gasteiger partial charge in [-0.3, -0.25) is 0 Å². The zero-order chi connectivity index (χ0) is 14.4. The third-order valence-corrected chi connectivity index (χ3v) is 2.54. The van der Waals surface area contributed by atoms with Gasteiger partial charge in [0.25, 0.3) is 0 Å². The highest BCUT2D eigenvalue weighted by Gasteiger charge is 2.27. The first kappa shape index (κ1) is 15.1. The molecule has 0 radical (unpaired) electrons. The minimum Gasteiger partial charge on any atom is -0.496 e. The van der Waals surface area contributed by atoms with E-state index in [0.717, 1.165) is 0 Å². The lowest BCUT2D eigenvalue weighted by molar-refractivity contribution is -0.153. The summed E-state index contributed by atoms with van der Waals surface area (Å²) in [6, 6.07) is 3.11. The van der Waals surface area contributed by atoms with E-state index in [-0.39, 0.29) is 23.7 Å². The Morgan fingerprint density at radius 1 is 1.16 bits per heavy atom. The molecular weight excluding hydrogens is 252 g/mol. The van der Waals surface area contributed by atoms with Gasteiger partial charge in [0.15, 0.2) is 6.10 Å². The molecule has 1 atom stereocenters. The third kappa shape index (κ3) is 3.29. The smallest absolute Gasteiger partial charge is 0.339 e. The quantitative estimate of drug-likeness (QED) is 0.786. The fourth-order valence-corrected chi connectivity index (χ4v) is 1.64. The Bertz CT molecular complexity index is 418. The van der Waals surface area contributed by atoms with Crippen LogP contribution in [0.3, 0.4) is 0 Å². The van der Waals surface area contributed by atoms with Crippen LogP contribution in [0, 0.1) is 0 Å². The number of hydrogen-bond acceptors (Lipinski definition) is 6. The molecule has 1 unspecified atom stereocenters. The second kappa shape index (κ2) is 6.84. The van der Waals surface area contributed by atoms with Crippen LogP contribution < -0.4 is 14.2 Å². The van der Waals surface area contributed by atoms with Crippen molar-refractivity contribution in [3.05, 3.63) is 17.7 Å². The number of methoxy groups -OCH3 is 3. The molecule has 0 aromatic heterocycles. The molecule has 0 heterocycles. The van der Waals surface area contributed by atoms with Crippen molar-refractivity contribution in [1.82, 2.24) is 0 Å². The molecule has 19 heavy (non-hydrogen) atoms. The normalized spacial score (nSPS) is 11.6. The Morgan fingerprint density at radius 2 is 1.68 bits per heavy atom. The minimum absolute atomic E-state index is 0.177. The molecule has 6 heteroatoms. The zero-order valence-corrected chi connectivity index (χ0v) is 11.4. The fraction of sp³-hybridized carbons (Fsp3) is 0.462. The molecule has 1 rings (SSSR count). The summed E-state index contributed by atoms with van der Waals surface area (Å²) in [6.45, 7) is 1.84. The van der Waals surface area contributed by atoms with E-state index in [4.69, 9.17) is 18.9 Å². The molecule has 0 saturated heterocycles. The Hall–Kier alpha value is -1.95. The molecule has 1 N–H and O–H groups in total. The number of aliphatic hydroxyl groups is 1. The molecule has 1 aromatic rings. The van der Waals surface area contributed by atoms with E-state index in [1.54, 1.807) is 19.1 Å². The Kier molecular flexibility index (Phi) is 5.44. The topological polar surface area (TPSA) is 74.2 Å². The average Bonchev–Trinajstić information content (AvgIpc) is 2.44. The summed E-state index contributed by atoms with van der Waals surface area (Å²) in [7, 11) is 4.35. The van der Waals surface area contributed by atoms with E-state index >= 15 is 0 Å². The van der Waals surface area contributed by atoms with Crippen molar-refractivity contribution >= 4 is 5.97 Å². The summed E-state index contributed by atoms with van der Waals surface area (Å²) in [5, 5.41) is 10.0. The molecule has 0 aliphatic carbocycles. The van der Waals surface area contributed by atoms with Crippen molar-refractivity contribution in [3.63, 3.8) is 0 Å². The highest BCUT2D eigenvalue weighted by molar-refractivity contribution is 5.79. The van der Waals surface area contributed by atoms with Crippen LogP contribution in [0.5, 0.6) is 17.2 Å². The van der Waals surface area contributed by atoms with Gasteiger partial charge in [-0.1, -0.05) is 0 Å².